The van der Waals surface area contributed by atoms with Gasteiger partial charge in [-0.2, -0.15) is 0 Å². The average Bonchev–Trinajstić information content (AvgIpc) is 1.86. The molecular weight excluding hydrogens is 218 g/mol. The highest BCUT2D eigenvalue weighted by Gasteiger charge is 2.17. The Hall–Kier alpha value is -0.153. The fraction of sp³-hybridized carbons (Fsp3) is 0.375. The largest absolute Gasteiger partial charge is 0.251 e. The van der Waals surface area contributed by atoms with Crippen LogP contribution < -0.4 is 5.32 Å². The molecule has 1 rings (SSSR count). The molecule has 0 radical (unpaired) electrons. The van der Waals surface area contributed by atoms with Gasteiger partial charge >= 0.3 is 0 Å². The number of hydrogen-bond acceptors (Lipinski definition) is 1. The zero-order valence-electron chi connectivity index (χ0n) is 7.06. The standard InChI is InChI=1S/C8H12BrNSi/c1-11(2,3)8-6-4-5-7(9)10-8/h4-6H,1-3H3. The first-order valence-corrected chi connectivity index (χ1v) is 7.92. The predicted octanol–water partition coefficient (Wildman–Crippen LogP) is 2.39. The van der Waals surface area contributed by atoms with Gasteiger partial charge in [-0.05, 0) is 28.1 Å². The molecular formula is C8H12BrNSi. The van der Waals surface area contributed by atoms with Crippen molar-refractivity contribution in [3.05, 3.63) is 22.8 Å². The Morgan fingerprint density at radius 2 is 1.91 bits per heavy atom. The van der Waals surface area contributed by atoms with Crippen molar-refractivity contribution in [1.82, 2.24) is 4.98 Å². The average molecular weight is 230 g/mol. The summed E-state index contributed by atoms with van der Waals surface area (Å²) in [6.45, 7) is 6.88. The number of pyridine rings is 1. The van der Waals surface area contributed by atoms with Gasteiger partial charge in [-0.25, -0.2) is 0 Å². The van der Waals surface area contributed by atoms with Crippen LogP contribution >= 0.6 is 15.9 Å². The van der Waals surface area contributed by atoms with Gasteiger partial charge in [-0.3, -0.25) is 4.98 Å². The Bertz CT molecular complexity index is 255. The van der Waals surface area contributed by atoms with Gasteiger partial charge < -0.3 is 0 Å². The lowest BCUT2D eigenvalue weighted by atomic mass is 10.5. The lowest BCUT2D eigenvalue weighted by molar-refractivity contribution is 1.31. The summed E-state index contributed by atoms with van der Waals surface area (Å²) < 4.78 is 0.942. The molecule has 0 saturated carbocycles. The molecule has 0 aromatic carbocycles. The Kier molecular flexibility index (Phi) is 2.49. The molecule has 0 amide bonds. The normalized spacial score (nSPS) is 11.6. The van der Waals surface area contributed by atoms with Gasteiger partial charge in [0.1, 0.15) is 12.7 Å². The quantitative estimate of drug-likeness (QED) is 0.533. The highest BCUT2D eigenvalue weighted by molar-refractivity contribution is 9.10. The minimum Gasteiger partial charge on any atom is -0.251 e. The minimum absolute atomic E-state index is 0.942. The number of aromatic nitrogens is 1. The van der Waals surface area contributed by atoms with Crippen molar-refractivity contribution in [2.45, 2.75) is 19.6 Å². The lowest BCUT2D eigenvalue weighted by Crippen LogP contribution is -2.39. The van der Waals surface area contributed by atoms with Crippen molar-refractivity contribution in [2.75, 3.05) is 0 Å². The number of rotatable bonds is 1. The summed E-state index contributed by atoms with van der Waals surface area (Å²) in [6, 6.07) is 6.12. The fourth-order valence-corrected chi connectivity index (χ4v) is 2.39. The van der Waals surface area contributed by atoms with Crippen molar-refractivity contribution in [3.63, 3.8) is 0 Å². The first kappa shape index (κ1) is 8.94. The van der Waals surface area contributed by atoms with Crippen LogP contribution in [-0.4, -0.2) is 13.1 Å². The van der Waals surface area contributed by atoms with Crippen molar-refractivity contribution in [3.8, 4) is 0 Å². The summed E-state index contributed by atoms with van der Waals surface area (Å²) in [5.41, 5.74) is 0. The first-order chi connectivity index (χ1) is 5.00. The van der Waals surface area contributed by atoms with Gasteiger partial charge in [0.15, 0.2) is 0 Å². The Morgan fingerprint density at radius 3 is 2.27 bits per heavy atom. The van der Waals surface area contributed by atoms with E-state index in [1.54, 1.807) is 0 Å². The zero-order chi connectivity index (χ0) is 8.48. The third-order valence-corrected chi connectivity index (χ3v) is 3.74. The fourth-order valence-electron chi connectivity index (χ4n) is 0.826. The SMILES string of the molecule is C[Si](C)(C)c1cccc(Br)n1. The van der Waals surface area contributed by atoms with E-state index in [0.717, 1.165) is 4.60 Å². The molecule has 3 heteroatoms. The molecule has 0 aliphatic heterocycles. The molecule has 1 aromatic rings. The van der Waals surface area contributed by atoms with E-state index in [1.807, 2.05) is 12.1 Å². The minimum atomic E-state index is -1.21. The van der Waals surface area contributed by atoms with Crippen LogP contribution in [-0.2, 0) is 0 Å². The van der Waals surface area contributed by atoms with Gasteiger partial charge in [0.2, 0.25) is 0 Å². The molecule has 0 bridgehead atoms. The van der Waals surface area contributed by atoms with E-state index in [4.69, 9.17) is 0 Å². The van der Waals surface area contributed by atoms with E-state index in [9.17, 15) is 0 Å². The maximum Gasteiger partial charge on any atom is 0.105 e. The van der Waals surface area contributed by atoms with Crippen LogP contribution in [0.25, 0.3) is 0 Å². The van der Waals surface area contributed by atoms with Crippen LogP contribution in [0.1, 0.15) is 0 Å². The second kappa shape index (κ2) is 3.07. The highest BCUT2D eigenvalue weighted by Crippen LogP contribution is 2.05. The summed E-state index contributed by atoms with van der Waals surface area (Å²) in [5, 5.41) is 1.26. The molecule has 0 aliphatic rings. The summed E-state index contributed by atoms with van der Waals surface area (Å²) in [7, 11) is -1.21. The third-order valence-electron chi connectivity index (χ3n) is 1.48. The molecule has 1 heterocycles. The molecule has 0 fully saturated rings. The van der Waals surface area contributed by atoms with Crippen molar-refractivity contribution < 1.29 is 0 Å². The molecule has 0 aliphatic carbocycles. The number of nitrogens with zero attached hydrogens (tertiary/aromatic N) is 1. The third kappa shape index (κ3) is 2.41. The summed E-state index contributed by atoms with van der Waals surface area (Å²) in [5.74, 6) is 0. The molecule has 1 nitrogen and oxygen atoms in total. The van der Waals surface area contributed by atoms with Crippen LogP contribution in [0.4, 0.5) is 0 Å². The number of halogens is 1. The topological polar surface area (TPSA) is 12.9 Å². The summed E-state index contributed by atoms with van der Waals surface area (Å²) >= 11 is 3.37. The van der Waals surface area contributed by atoms with Gasteiger partial charge in [0.25, 0.3) is 0 Å². The smallest absolute Gasteiger partial charge is 0.105 e. The summed E-state index contributed by atoms with van der Waals surface area (Å²) in [6.07, 6.45) is 0. The Labute approximate surface area is 77.0 Å². The molecule has 0 spiro atoms. The Balaban J connectivity index is 3.06. The molecule has 0 N–H and O–H groups in total. The van der Waals surface area contributed by atoms with E-state index in [2.05, 4.69) is 46.6 Å². The van der Waals surface area contributed by atoms with E-state index in [0.29, 0.717) is 0 Å². The lowest BCUT2D eigenvalue weighted by Gasteiger charge is -2.14. The van der Waals surface area contributed by atoms with E-state index in [1.165, 1.54) is 5.32 Å². The Morgan fingerprint density at radius 1 is 1.27 bits per heavy atom. The van der Waals surface area contributed by atoms with Crippen LogP contribution in [0.3, 0.4) is 0 Å². The van der Waals surface area contributed by atoms with Crippen LogP contribution in [0.2, 0.25) is 19.6 Å². The molecule has 1 aromatic heterocycles. The second-order valence-corrected chi connectivity index (χ2v) is 9.42. The van der Waals surface area contributed by atoms with Crippen molar-refractivity contribution in [2.24, 2.45) is 0 Å². The number of hydrogen-bond donors (Lipinski definition) is 0. The van der Waals surface area contributed by atoms with Crippen LogP contribution in [0, 0.1) is 0 Å². The molecule has 0 unspecified atom stereocenters. The summed E-state index contributed by atoms with van der Waals surface area (Å²) in [4.78, 5) is 4.42. The monoisotopic (exact) mass is 229 g/mol. The maximum atomic E-state index is 4.42. The molecule has 11 heavy (non-hydrogen) atoms. The highest BCUT2D eigenvalue weighted by atomic mass is 79.9. The van der Waals surface area contributed by atoms with Gasteiger partial charge in [0, 0.05) is 5.32 Å². The molecule has 60 valence electrons. The first-order valence-electron chi connectivity index (χ1n) is 3.63. The maximum absolute atomic E-state index is 4.42. The van der Waals surface area contributed by atoms with Gasteiger partial charge in [0.05, 0.1) is 0 Å². The van der Waals surface area contributed by atoms with Crippen LogP contribution in [0.5, 0.6) is 0 Å². The van der Waals surface area contributed by atoms with E-state index < -0.39 is 8.07 Å². The van der Waals surface area contributed by atoms with Gasteiger partial charge in [-0.1, -0.05) is 25.7 Å². The predicted molar refractivity (Wildman–Crippen MR) is 54.9 cm³/mol. The van der Waals surface area contributed by atoms with Gasteiger partial charge in [-0.15, -0.1) is 0 Å². The van der Waals surface area contributed by atoms with E-state index >= 15 is 0 Å². The van der Waals surface area contributed by atoms with Crippen molar-refractivity contribution in [1.29, 1.82) is 0 Å². The zero-order valence-corrected chi connectivity index (χ0v) is 9.64. The molecule has 0 saturated heterocycles. The van der Waals surface area contributed by atoms with Crippen molar-refractivity contribution >= 4 is 29.3 Å². The van der Waals surface area contributed by atoms with E-state index in [-0.39, 0.29) is 0 Å². The molecule has 0 atom stereocenters. The second-order valence-electron chi connectivity index (χ2n) is 3.60. The van der Waals surface area contributed by atoms with Crippen LogP contribution in [0.15, 0.2) is 22.8 Å².